The molecule has 0 atom stereocenters. The van der Waals surface area contributed by atoms with Gasteiger partial charge in [0.15, 0.2) is 0 Å². The molecule has 6 heteroatoms. The second-order valence-corrected chi connectivity index (χ2v) is 1.93. The summed E-state index contributed by atoms with van der Waals surface area (Å²) in [5, 5.41) is 0. The lowest BCUT2D eigenvalue weighted by atomic mass is 10.6. The second-order valence-electron chi connectivity index (χ2n) is 1.93. The zero-order valence-corrected chi connectivity index (χ0v) is 5.92. The Bertz CT molecular complexity index is 332. The van der Waals surface area contributed by atoms with E-state index in [4.69, 9.17) is 5.73 Å². The number of hydrogen-bond acceptors (Lipinski definition) is 4. The highest BCUT2D eigenvalue weighted by Crippen LogP contribution is 1.79. The average molecular weight is 156 g/mol. The molecule has 1 aromatic rings. The summed E-state index contributed by atoms with van der Waals surface area (Å²) in [5.74, 6) is 0.0616. The maximum Gasteiger partial charge on any atom is 0.348 e. The summed E-state index contributed by atoms with van der Waals surface area (Å²) < 4.78 is 0.816. The van der Waals surface area contributed by atoms with Gasteiger partial charge in [0.05, 0.1) is 0 Å². The molecule has 0 spiro atoms. The summed E-state index contributed by atoms with van der Waals surface area (Å²) in [6, 6.07) is 1.12. The van der Waals surface area contributed by atoms with Gasteiger partial charge in [0.1, 0.15) is 5.82 Å². The summed E-state index contributed by atoms with van der Waals surface area (Å²) in [7, 11) is 1.47. The van der Waals surface area contributed by atoms with Crippen LogP contribution in [0.5, 0.6) is 0 Å². The summed E-state index contributed by atoms with van der Waals surface area (Å²) in [6.07, 6.45) is 0. The third-order valence-electron chi connectivity index (χ3n) is 1.18. The third-order valence-corrected chi connectivity index (χ3v) is 1.18. The Morgan fingerprint density at radius 2 is 2.27 bits per heavy atom. The molecule has 0 saturated carbocycles. The third kappa shape index (κ3) is 1.23. The Hall–Kier alpha value is -1.72. The van der Waals surface area contributed by atoms with Gasteiger partial charge in [-0.25, -0.2) is 4.79 Å². The van der Waals surface area contributed by atoms with Crippen molar-refractivity contribution in [3.05, 3.63) is 26.9 Å². The minimum absolute atomic E-state index is 0.0616. The molecule has 0 unspecified atom stereocenters. The van der Waals surface area contributed by atoms with Crippen LogP contribution in [0.2, 0.25) is 0 Å². The Kier molecular flexibility index (Phi) is 1.67. The summed E-state index contributed by atoms with van der Waals surface area (Å²) >= 11 is 0. The highest BCUT2D eigenvalue weighted by molar-refractivity contribution is 5.23. The number of aromatic amines is 1. The van der Waals surface area contributed by atoms with E-state index in [1.165, 1.54) is 7.05 Å². The number of nitrogens with zero attached hydrogens (tertiary/aromatic N) is 1. The number of aromatic nitrogens is 2. The average Bonchev–Trinajstić information content (AvgIpc) is 1.85. The van der Waals surface area contributed by atoms with Crippen molar-refractivity contribution in [2.24, 2.45) is 0 Å². The molecule has 1 rings (SSSR count). The molecule has 0 aliphatic heterocycles. The number of nitrogen functional groups attached to an aromatic ring is 1. The van der Waals surface area contributed by atoms with Crippen LogP contribution in [0.3, 0.4) is 0 Å². The minimum atomic E-state index is -0.572. The molecule has 0 saturated heterocycles. The predicted molar refractivity (Wildman–Crippen MR) is 41.0 cm³/mol. The van der Waals surface area contributed by atoms with E-state index in [1.54, 1.807) is 0 Å². The molecule has 6 nitrogen and oxygen atoms in total. The lowest BCUT2D eigenvalue weighted by Gasteiger charge is -2.00. The summed E-state index contributed by atoms with van der Waals surface area (Å²) in [5.41, 5.74) is 6.53. The number of H-pyrrole nitrogens is 1. The molecular weight excluding hydrogens is 148 g/mol. The van der Waals surface area contributed by atoms with Crippen LogP contribution in [0.25, 0.3) is 0 Å². The first-order valence-corrected chi connectivity index (χ1v) is 2.95. The van der Waals surface area contributed by atoms with Gasteiger partial charge in [-0.1, -0.05) is 0 Å². The molecule has 11 heavy (non-hydrogen) atoms. The quantitative estimate of drug-likeness (QED) is 0.451. The van der Waals surface area contributed by atoms with E-state index < -0.39 is 11.2 Å². The molecule has 0 radical (unpaired) electrons. The molecule has 4 N–H and O–H groups in total. The van der Waals surface area contributed by atoms with Gasteiger partial charge < -0.3 is 11.2 Å². The fraction of sp³-hybridized carbons (Fsp3) is 0.200. The van der Waals surface area contributed by atoms with Gasteiger partial charge in [-0.2, -0.15) is 4.68 Å². The molecule has 0 fully saturated rings. The van der Waals surface area contributed by atoms with Crippen LogP contribution in [0, 0.1) is 0 Å². The second kappa shape index (κ2) is 2.49. The number of rotatable bonds is 1. The van der Waals surface area contributed by atoms with Gasteiger partial charge in [0.25, 0.3) is 5.56 Å². The van der Waals surface area contributed by atoms with Gasteiger partial charge in [0.2, 0.25) is 0 Å². The molecule has 0 aliphatic rings. The van der Waals surface area contributed by atoms with E-state index in [0.29, 0.717) is 0 Å². The number of nitrogens with one attached hydrogen (secondary N) is 2. The number of anilines is 1. The zero-order valence-electron chi connectivity index (χ0n) is 5.92. The molecule has 60 valence electrons. The molecule has 0 bridgehead atoms. The fourth-order valence-electron chi connectivity index (χ4n) is 0.725. The van der Waals surface area contributed by atoms with Crippen molar-refractivity contribution in [3.8, 4) is 0 Å². The number of nitrogens with two attached hydrogens (primary N) is 1. The maximum absolute atomic E-state index is 10.9. The lowest BCUT2D eigenvalue weighted by molar-refractivity contribution is 0.792. The summed E-state index contributed by atoms with van der Waals surface area (Å²) in [6.45, 7) is 0. The van der Waals surface area contributed by atoms with Crippen molar-refractivity contribution in [3.63, 3.8) is 0 Å². The van der Waals surface area contributed by atoms with E-state index in [2.05, 4.69) is 10.4 Å². The Morgan fingerprint density at radius 1 is 1.64 bits per heavy atom. The standard InChI is InChI=1S/C5H8N4O2/c1-7-9-4(10)2-3(6)8-5(9)11/h2,7H,6H2,1H3,(H,8,11). The van der Waals surface area contributed by atoms with Crippen molar-refractivity contribution in [2.75, 3.05) is 18.2 Å². The van der Waals surface area contributed by atoms with Crippen molar-refractivity contribution >= 4 is 5.82 Å². The number of hydrogen-bond donors (Lipinski definition) is 3. The molecule has 0 amide bonds. The van der Waals surface area contributed by atoms with Crippen LogP contribution < -0.4 is 22.4 Å². The SMILES string of the molecule is CNn1c(=O)cc(N)[nH]c1=O. The van der Waals surface area contributed by atoms with Gasteiger partial charge in [-0.15, -0.1) is 0 Å². The van der Waals surface area contributed by atoms with Gasteiger partial charge >= 0.3 is 5.69 Å². The highest BCUT2D eigenvalue weighted by Gasteiger charge is 1.97. The lowest BCUT2D eigenvalue weighted by Crippen LogP contribution is -2.39. The Balaban J connectivity index is 3.50. The molecule has 0 aliphatic carbocycles. The van der Waals surface area contributed by atoms with Crippen LogP contribution in [0.1, 0.15) is 0 Å². The normalized spacial score (nSPS) is 9.55. The smallest absolute Gasteiger partial charge is 0.348 e. The van der Waals surface area contributed by atoms with Crippen LogP contribution in [0.15, 0.2) is 15.7 Å². The first-order chi connectivity index (χ1) is 5.15. The highest BCUT2D eigenvalue weighted by atomic mass is 16.2. The van der Waals surface area contributed by atoms with Gasteiger partial charge in [-0.05, 0) is 0 Å². The molecule has 1 heterocycles. The Morgan fingerprint density at radius 3 is 2.73 bits per heavy atom. The van der Waals surface area contributed by atoms with Crippen molar-refractivity contribution in [2.45, 2.75) is 0 Å². The predicted octanol–water partition coefficient (Wildman–Crippen LogP) is -1.71. The van der Waals surface area contributed by atoms with E-state index in [-0.39, 0.29) is 5.82 Å². The molecule has 1 aromatic heterocycles. The molecular formula is C5H8N4O2. The molecule has 0 aromatic carbocycles. The fourth-order valence-corrected chi connectivity index (χ4v) is 0.725. The van der Waals surface area contributed by atoms with Gasteiger partial charge in [-0.3, -0.25) is 9.78 Å². The van der Waals surface area contributed by atoms with Crippen molar-refractivity contribution < 1.29 is 0 Å². The first kappa shape index (κ1) is 7.39. The zero-order chi connectivity index (χ0) is 8.43. The van der Waals surface area contributed by atoms with Crippen LogP contribution in [0.4, 0.5) is 5.82 Å². The maximum atomic E-state index is 10.9. The topological polar surface area (TPSA) is 92.9 Å². The Labute approximate surface area is 61.6 Å². The van der Waals surface area contributed by atoms with Crippen molar-refractivity contribution in [1.82, 2.24) is 9.66 Å². The van der Waals surface area contributed by atoms with E-state index >= 15 is 0 Å². The van der Waals surface area contributed by atoms with Gasteiger partial charge in [0, 0.05) is 13.1 Å². The van der Waals surface area contributed by atoms with Crippen molar-refractivity contribution in [1.29, 1.82) is 0 Å². The monoisotopic (exact) mass is 156 g/mol. The van der Waals surface area contributed by atoms with E-state index in [1.807, 2.05) is 0 Å². The van der Waals surface area contributed by atoms with E-state index in [0.717, 1.165) is 10.7 Å². The van der Waals surface area contributed by atoms with E-state index in [9.17, 15) is 9.59 Å². The van der Waals surface area contributed by atoms with Crippen LogP contribution in [-0.4, -0.2) is 16.7 Å². The first-order valence-electron chi connectivity index (χ1n) is 2.95. The summed E-state index contributed by atoms with van der Waals surface area (Å²) in [4.78, 5) is 24.0. The van der Waals surface area contributed by atoms with Crippen LogP contribution >= 0.6 is 0 Å². The minimum Gasteiger partial charge on any atom is -0.385 e. The largest absolute Gasteiger partial charge is 0.385 e. The van der Waals surface area contributed by atoms with Crippen LogP contribution in [-0.2, 0) is 0 Å².